The minimum absolute atomic E-state index is 0.0258. The molecule has 1 aromatic heterocycles. The second kappa shape index (κ2) is 3.33. The van der Waals surface area contributed by atoms with Crippen LogP contribution in [0.25, 0.3) is 22.2 Å². The molecule has 3 aromatic rings. The van der Waals surface area contributed by atoms with Gasteiger partial charge in [0.15, 0.2) is 0 Å². The lowest BCUT2D eigenvalue weighted by atomic mass is 9.81. The molecule has 1 aliphatic rings. The third-order valence-electron chi connectivity index (χ3n) is 4.36. The third-order valence-corrected chi connectivity index (χ3v) is 4.36. The molecule has 2 heteroatoms. The van der Waals surface area contributed by atoms with Crippen LogP contribution in [0.4, 0.5) is 0 Å². The molecule has 0 fully saturated rings. The second-order valence-electron chi connectivity index (χ2n) is 5.82. The van der Waals surface area contributed by atoms with E-state index in [1.807, 2.05) is 12.1 Å². The van der Waals surface area contributed by atoms with Crippen LogP contribution < -0.4 is 5.46 Å². The van der Waals surface area contributed by atoms with Gasteiger partial charge >= 0.3 is 0 Å². The summed E-state index contributed by atoms with van der Waals surface area (Å²) in [7, 11) is 6.09. The number of rotatable bonds is 0. The molecular weight excluding hydrogens is 229 g/mol. The van der Waals surface area contributed by atoms with Gasteiger partial charge in [0, 0.05) is 21.9 Å². The van der Waals surface area contributed by atoms with Crippen molar-refractivity contribution in [1.82, 2.24) is 4.98 Å². The molecule has 0 atom stereocenters. The van der Waals surface area contributed by atoms with Crippen molar-refractivity contribution in [1.29, 1.82) is 0 Å². The molecule has 1 heterocycles. The Labute approximate surface area is 114 Å². The van der Waals surface area contributed by atoms with Crippen LogP contribution in [0.2, 0.25) is 0 Å². The number of hydrogen-bond donors (Lipinski definition) is 1. The highest BCUT2D eigenvalue weighted by Gasteiger charge is 2.38. The Morgan fingerprint density at radius 3 is 2.63 bits per heavy atom. The number of benzene rings is 2. The molecule has 0 saturated heterocycles. The number of fused-ring (bicyclic) bond motifs is 5. The zero-order chi connectivity index (χ0) is 13.2. The van der Waals surface area contributed by atoms with E-state index in [1.54, 1.807) is 0 Å². The SMILES string of the molecule is [B]c1cccc2c3c([nH]c12)-c1ccccc1C3(C)C. The zero-order valence-electron chi connectivity index (χ0n) is 11.1. The molecule has 2 aromatic carbocycles. The lowest BCUT2D eigenvalue weighted by Crippen LogP contribution is -2.15. The molecule has 1 N–H and O–H groups in total. The van der Waals surface area contributed by atoms with E-state index in [2.05, 4.69) is 49.2 Å². The first-order valence-electron chi connectivity index (χ1n) is 6.61. The van der Waals surface area contributed by atoms with Gasteiger partial charge < -0.3 is 4.98 Å². The summed E-state index contributed by atoms with van der Waals surface area (Å²) in [5, 5.41) is 1.25. The van der Waals surface area contributed by atoms with Crippen molar-refractivity contribution in [2.75, 3.05) is 0 Å². The van der Waals surface area contributed by atoms with E-state index in [1.165, 1.54) is 27.8 Å². The Balaban J connectivity index is 2.20. The summed E-state index contributed by atoms with van der Waals surface area (Å²) in [5.74, 6) is 0. The molecule has 90 valence electrons. The van der Waals surface area contributed by atoms with Crippen molar-refractivity contribution >= 4 is 24.2 Å². The number of nitrogens with one attached hydrogen (secondary N) is 1. The first kappa shape index (κ1) is 10.9. The van der Waals surface area contributed by atoms with E-state index in [9.17, 15) is 0 Å². The number of H-pyrrole nitrogens is 1. The number of hydrogen-bond acceptors (Lipinski definition) is 0. The third kappa shape index (κ3) is 1.21. The summed E-state index contributed by atoms with van der Waals surface area (Å²) in [6, 6.07) is 14.8. The lowest BCUT2D eigenvalue weighted by Gasteiger charge is -2.21. The van der Waals surface area contributed by atoms with Gasteiger partial charge in [0.05, 0.1) is 5.69 Å². The van der Waals surface area contributed by atoms with E-state index in [0.29, 0.717) is 0 Å². The van der Waals surface area contributed by atoms with Crippen LogP contribution in [0, 0.1) is 0 Å². The normalized spacial score (nSPS) is 15.5. The lowest BCUT2D eigenvalue weighted by molar-refractivity contribution is 0.666. The predicted molar refractivity (Wildman–Crippen MR) is 81.3 cm³/mol. The molecule has 0 unspecified atom stereocenters. The number of aromatic nitrogens is 1. The molecule has 0 aliphatic heterocycles. The average molecular weight is 243 g/mol. The Morgan fingerprint density at radius 1 is 1.00 bits per heavy atom. The van der Waals surface area contributed by atoms with Crippen LogP contribution in [0.15, 0.2) is 42.5 Å². The van der Waals surface area contributed by atoms with Gasteiger partial charge in [-0.2, -0.15) is 0 Å². The average Bonchev–Trinajstić information content (AvgIpc) is 2.88. The first-order valence-corrected chi connectivity index (χ1v) is 6.61. The number of aromatic amines is 1. The largest absolute Gasteiger partial charge is 0.355 e. The van der Waals surface area contributed by atoms with Crippen molar-refractivity contribution in [3.63, 3.8) is 0 Å². The summed E-state index contributed by atoms with van der Waals surface area (Å²) in [6.07, 6.45) is 0. The van der Waals surface area contributed by atoms with Crippen molar-refractivity contribution in [3.8, 4) is 11.3 Å². The summed E-state index contributed by atoms with van der Waals surface area (Å²) in [4.78, 5) is 3.53. The van der Waals surface area contributed by atoms with Crippen LogP contribution in [0.3, 0.4) is 0 Å². The summed E-state index contributed by atoms with van der Waals surface area (Å²) in [6.45, 7) is 4.57. The molecule has 19 heavy (non-hydrogen) atoms. The minimum Gasteiger partial charge on any atom is -0.355 e. The maximum Gasteiger partial charge on any atom is 0.116 e. The standard InChI is InChI=1S/C17H14BN/c1-17(2)12-8-4-3-6-10(12)16-14(17)11-7-5-9-13(18)15(11)19-16/h3-9,19H,1-2H3. The summed E-state index contributed by atoms with van der Waals surface area (Å²) in [5.41, 5.74) is 7.20. The van der Waals surface area contributed by atoms with E-state index in [4.69, 9.17) is 7.85 Å². The fraction of sp³-hybridized carbons (Fsp3) is 0.176. The molecule has 2 radical (unpaired) electrons. The van der Waals surface area contributed by atoms with E-state index >= 15 is 0 Å². The fourth-order valence-corrected chi connectivity index (χ4v) is 3.47. The maximum atomic E-state index is 6.09. The van der Waals surface area contributed by atoms with Gasteiger partial charge in [0.25, 0.3) is 0 Å². The van der Waals surface area contributed by atoms with Crippen molar-refractivity contribution in [2.45, 2.75) is 19.3 Å². The van der Waals surface area contributed by atoms with Crippen LogP contribution in [0.1, 0.15) is 25.0 Å². The quantitative estimate of drug-likeness (QED) is 0.583. The predicted octanol–water partition coefficient (Wildman–Crippen LogP) is 3.27. The van der Waals surface area contributed by atoms with Gasteiger partial charge in [-0.25, -0.2) is 0 Å². The zero-order valence-corrected chi connectivity index (χ0v) is 11.1. The van der Waals surface area contributed by atoms with Crippen LogP contribution in [-0.2, 0) is 5.41 Å². The summed E-state index contributed by atoms with van der Waals surface area (Å²) < 4.78 is 0. The van der Waals surface area contributed by atoms with Gasteiger partial charge in [0.1, 0.15) is 7.85 Å². The van der Waals surface area contributed by atoms with Crippen LogP contribution >= 0.6 is 0 Å². The van der Waals surface area contributed by atoms with Gasteiger partial charge in [0.2, 0.25) is 0 Å². The van der Waals surface area contributed by atoms with E-state index in [0.717, 1.165) is 11.0 Å². The molecule has 0 saturated carbocycles. The van der Waals surface area contributed by atoms with Gasteiger partial charge in [-0.1, -0.05) is 61.8 Å². The van der Waals surface area contributed by atoms with Crippen LogP contribution in [0.5, 0.6) is 0 Å². The van der Waals surface area contributed by atoms with Crippen molar-refractivity contribution in [2.24, 2.45) is 0 Å². The van der Waals surface area contributed by atoms with Gasteiger partial charge in [-0.15, -0.1) is 0 Å². The molecule has 4 rings (SSSR count). The second-order valence-corrected chi connectivity index (χ2v) is 5.82. The minimum atomic E-state index is 0.0258. The fourth-order valence-electron chi connectivity index (χ4n) is 3.47. The Bertz CT molecular complexity index is 811. The van der Waals surface area contributed by atoms with Crippen molar-refractivity contribution in [3.05, 3.63) is 53.6 Å². The van der Waals surface area contributed by atoms with Crippen LogP contribution in [-0.4, -0.2) is 12.8 Å². The van der Waals surface area contributed by atoms with E-state index < -0.39 is 0 Å². The smallest absolute Gasteiger partial charge is 0.116 e. The Hall–Kier alpha value is -1.96. The highest BCUT2D eigenvalue weighted by Crippen LogP contribution is 2.50. The summed E-state index contributed by atoms with van der Waals surface area (Å²) >= 11 is 0. The molecule has 1 aliphatic carbocycles. The maximum absolute atomic E-state index is 6.09. The van der Waals surface area contributed by atoms with E-state index in [-0.39, 0.29) is 5.41 Å². The molecule has 0 amide bonds. The Morgan fingerprint density at radius 2 is 1.79 bits per heavy atom. The molecule has 0 spiro atoms. The molecule has 1 nitrogen and oxygen atoms in total. The van der Waals surface area contributed by atoms with Crippen molar-refractivity contribution < 1.29 is 0 Å². The monoisotopic (exact) mass is 243 g/mol. The highest BCUT2D eigenvalue weighted by molar-refractivity contribution is 6.38. The Kier molecular flexibility index (Phi) is 1.91. The topological polar surface area (TPSA) is 15.8 Å². The first-order chi connectivity index (χ1) is 9.10. The van der Waals surface area contributed by atoms with Gasteiger partial charge in [-0.3, -0.25) is 0 Å². The van der Waals surface area contributed by atoms with Gasteiger partial charge in [-0.05, 0) is 11.1 Å². The number of para-hydroxylation sites is 1. The molecule has 0 bridgehead atoms. The molecular formula is C17H14BN. The highest BCUT2D eigenvalue weighted by atomic mass is 14.8.